The van der Waals surface area contributed by atoms with Crippen LogP contribution in [0, 0.1) is 0 Å². The largest absolute Gasteiger partial charge is 0.416 e. The number of rotatable bonds is 11. The summed E-state index contributed by atoms with van der Waals surface area (Å²) in [6.07, 6.45) is -3.82. The van der Waals surface area contributed by atoms with E-state index in [1.807, 2.05) is 13.8 Å². The lowest BCUT2D eigenvalue weighted by Crippen LogP contribution is -2.30. The highest BCUT2D eigenvalue weighted by Crippen LogP contribution is 2.35. The Morgan fingerprint density at radius 2 is 0.626 bits per heavy atom. The zero-order valence-corrected chi connectivity index (χ0v) is 59.8. The topological polar surface area (TPSA) is 390 Å². The molecule has 0 aliphatic heterocycles. The summed E-state index contributed by atoms with van der Waals surface area (Å²) in [5.41, 5.74) is -2.54. The molecule has 115 heavy (non-hydrogen) atoms. The van der Waals surface area contributed by atoms with Crippen molar-refractivity contribution in [3.8, 4) is 22.7 Å². The molecule has 0 aliphatic carbocycles. The molecule has 12 aromatic heterocycles. The third-order valence-corrected chi connectivity index (χ3v) is 17.7. The van der Waals surface area contributed by atoms with Crippen LogP contribution < -0.4 is 43.5 Å². The van der Waals surface area contributed by atoms with Crippen molar-refractivity contribution >= 4 is 112 Å². The Hall–Kier alpha value is -14.5. The minimum atomic E-state index is -4.53. The number of halogens is 12. The zero-order chi connectivity index (χ0) is 82.3. The number of unbranched alkanes of at least 4 members (excludes halogenated alkanes) is 2. The summed E-state index contributed by atoms with van der Waals surface area (Å²) in [6.45, 7) is 7.14. The van der Waals surface area contributed by atoms with Gasteiger partial charge >= 0.3 is 48.8 Å². The number of aromatic nitrogens is 20. The molecule has 0 bridgehead atoms. The van der Waals surface area contributed by atoms with E-state index in [-0.39, 0.29) is 66.9 Å². The van der Waals surface area contributed by atoms with Crippen LogP contribution in [0.3, 0.4) is 0 Å². The summed E-state index contributed by atoms with van der Waals surface area (Å²) in [4.78, 5) is 116. The summed E-state index contributed by atoms with van der Waals surface area (Å²) in [7, 11) is 1.44. The molecule has 0 atom stereocenters. The molecule has 16 rings (SSSR count). The third kappa shape index (κ3) is 15.3. The number of amides is 4. The van der Waals surface area contributed by atoms with Gasteiger partial charge in [0, 0.05) is 51.5 Å². The van der Waals surface area contributed by atoms with Gasteiger partial charge in [-0.1, -0.05) is 38.8 Å². The van der Waals surface area contributed by atoms with Gasteiger partial charge in [0.25, 0.3) is 22.2 Å². The average Bonchev–Trinajstić information content (AvgIpc) is 1.61. The molecule has 594 valence electrons. The van der Waals surface area contributed by atoms with Gasteiger partial charge in [0.2, 0.25) is 0 Å². The van der Waals surface area contributed by atoms with Gasteiger partial charge in [0.05, 0.1) is 135 Å². The Morgan fingerprint density at radius 1 is 0.348 bits per heavy atom. The predicted octanol–water partition coefficient (Wildman–Crippen LogP) is 11.8. The lowest BCUT2D eigenvalue weighted by molar-refractivity contribution is -0.138. The summed E-state index contributed by atoms with van der Waals surface area (Å²) in [5, 5.41) is 40.3. The van der Waals surface area contributed by atoms with E-state index in [1.165, 1.54) is 105 Å². The molecule has 16 aromatic rings. The maximum Gasteiger partial charge on any atom is 0.416 e. The third-order valence-electron chi connectivity index (χ3n) is 17.7. The van der Waals surface area contributed by atoms with Crippen molar-refractivity contribution in [1.82, 2.24) is 119 Å². The summed E-state index contributed by atoms with van der Waals surface area (Å²) >= 11 is 0. The first kappa shape index (κ1) is 78.6. The Bertz CT molecular complexity index is 6680. The molecule has 0 aliphatic rings. The van der Waals surface area contributed by atoms with Crippen molar-refractivity contribution < 1.29 is 71.9 Å². The van der Waals surface area contributed by atoms with Crippen LogP contribution in [0.4, 0.5) is 71.9 Å². The van der Waals surface area contributed by atoms with Crippen LogP contribution in [-0.4, -0.2) is 149 Å². The molecule has 0 saturated carbocycles. The van der Waals surface area contributed by atoms with E-state index < -0.39 is 93.3 Å². The monoisotopic (exact) mass is 1600 g/mol. The van der Waals surface area contributed by atoms with Crippen molar-refractivity contribution in [3.63, 3.8) is 0 Å². The van der Waals surface area contributed by atoms with Crippen LogP contribution in [-0.2, 0) is 24.7 Å². The van der Waals surface area contributed by atoms with Crippen molar-refractivity contribution in [2.24, 2.45) is 0 Å². The van der Waals surface area contributed by atoms with E-state index in [4.69, 9.17) is 0 Å². The summed E-state index contributed by atoms with van der Waals surface area (Å²) in [6, 6.07) is 15.3. The quantitative estimate of drug-likeness (QED) is 0.0440. The van der Waals surface area contributed by atoms with E-state index in [2.05, 4.69) is 82.0 Å². The van der Waals surface area contributed by atoms with Crippen molar-refractivity contribution in [1.29, 1.82) is 0 Å². The van der Waals surface area contributed by atoms with Gasteiger partial charge in [-0.25, -0.2) is 57.8 Å². The Labute approximate surface area is 631 Å². The number of nitrogens with zero attached hydrogens (tertiary/aromatic N) is 16. The van der Waals surface area contributed by atoms with Crippen molar-refractivity contribution in [2.45, 2.75) is 71.2 Å². The van der Waals surface area contributed by atoms with Crippen LogP contribution in [0.25, 0.3) is 110 Å². The SMILES string of the molecule is CCCCNC(=O)n1ncc2c3[nH]n(-c4ccc(C(F)(F)F)cc4)c(=O)c3cnc21.CCCCNC(=O)n1ncc2c3[nH]n(-c4cccc(C(F)(F)F)c4)c(=O)c3cnc21.CCNC(=O)n1ncc2c3[nH]n(-c4cccc(C(F)(F)F)c4)c(=O)c3cnc21.CNC(=O)n1ncc2c3[nH]n(-c4ccc(C(F)(F)F)cc4)c(=O)c3cnc21. The number of pyridine rings is 4. The molecule has 0 unspecified atom stereocenters. The normalized spacial score (nSPS) is 12.0. The number of aromatic amines is 4. The van der Waals surface area contributed by atoms with Crippen molar-refractivity contribution in [3.05, 3.63) is 210 Å². The van der Waals surface area contributed by atoms with Gasteiger partial charge in [0.1, 0.15) is 0 Å². The van der Waals surface area contributed by atoms with E-state index in [9.17, 15) is 91.0 Å². The van der Waals surface area contributed by atoms with Crippen LogP contribution in [0.1, 0.15) is 68.7 Å². The maximum absolute atomic E-state index is 13.0. The fourth-order valence-electron chi connectivity index (χ4n) is 12.0. The molecular weight excluding hydrogens is 1540 g/mol. The number of hydrogen-bond acceptors (Lipinski definition) is 16. The molecule has 44 heteroatoms. The van der Waals surface area contributed by atoms with Gasteiger partial charge in [0.15, 0.2) is 22.6 Å². The predicted molar refractivity (Wildman–Crippen MR) is 392 cm³/mol. The Kier molecular flexibility index (Phi) is 21.2. The lowest BCUT2D eigenvalue weighted by atomic mass is 10.2. The number of fused-ring (bicyclic) bond motifs is 12. The Morgan fingerprint density at radius 3 is 0.896 bits per heavy atom. The number of alkyl halides is 12. The number of H-pyrrole nitrogens is 4. The van der Waals surface area contributed by atoms with Gasteiger partial charge in [-0.15, -0.1) is 0 Å². The maximum atomic E-state index is 13.0. The molecule has 0 fully saturated rings. The average molecular weight is 1600 g/mol. The molecule has 4 amide bonds. The molecule has 0 radical (unpaired) electrons. The minimum Gasteiger partial charge on any atom is -0.339 e. The molecule has 0 saturated heterocycles. The minimum absolute atomic E-state index is 0.0280. The number of carbonyl (C=O) groups excluding carboxylic acids is 4. The second-order valence-electron chi connectivity index (χ2n) is 25.1. The van der Waals surface area contributed by atoms with Crippen LogP contribution in [0.2, 0.25) is 0 Å². The van der Waals surface area contributed by atoms with E-state index in [1.54, 1.807) is 6.92 Å². The first-order valence-electron chi connectivity index (χ1n) is 34.4. The smallest absolute Gasteiger partial charge is 0.339 e. The molecule has 0 spiro atoms. The highest BCUT2D eigenvalue weighted by Gasteiger charge is 2.34. The van der Waals surface area contributed by atoms with Crippen LogP contribution >= 0.6 is 0 Å². The number of hydrogen-bond donors (Lipinski definition) is 8. The second-order valence-corrected chi connectivity index (χ2v) is 25.1. The molecule has 4 aromatic carbocycles. The molecule has 32 nitrogen and oxygen atoms in total. The standard InChI is InChI=1S/2C19H17F3N6O2.C17H13F3N6O2.C16H11F3N6O2/c1-2-3-8-23-18(30)28-16-13(10-25-28)15-14(9-24-16)17(29)27(26-15)12-6-4-11(5-7-12)19(20,21)22;1-2-3-7-23-18(30)28-16-13(10-25-28)15-14(9-24-16)17(29)27(26-15)12-6-4-5-11(8-12)19(20,21)22;1-2-21-16(28)26-14-11(8-23-26)13-12(7-22-14)15(27)25(24-13)10-5-3-4-9(6-10)17(18,19)20;1-20-15(27)25-13-10(7-22-25)12-11(6-21-13)14(26)24(23-12)9-4-2-8(3-5-9)16(17,18)19/h4-7,9-10,26H,2-3,8H2,1H3,(H,23,30);4-6,8-10,26H,2-3,7H2,1H3,(H,23,30);3-8,24H,2H2,1H3,(H,21,28);2-7,23H,1H3,(H,20,27). The van der Waals surface area contributed by atoms with Crippen molar-refractivity contribution in [2.75, 3.05) is 26.7 Å². The number of benzene rings is 4. The molecule has 12 heterocycles. The summed E-state index contributed by atoms with van der Waals surface area (Å²) < 4.78 is 163. The van der Waals surface area contributed by atoms with Gasteiger partial charge in [-0.2, -0.15) is 91.8 Å². The molecule has 8 N–H and O–H groups in total. The lowest BCUT2D eigenvalue weighted by Gasteiger charge is -2.08. The summed E-state index contributed by atoms with van der Waals surface area (Å²) in [5.74, 6) is 0. The first-order valence-corrected chi connectivity index (χ1v) is 34.4. The van der Waals surface area contributed by atoms with Crippen LogP contribution in [0.5, 0.6) is 0 Å². The fraction of sp³-hybridized carbons (Fsp3) is 0.211. The van der Waals surface area contributed by atoms with Crippen LogP contribution in [0.15, 0.2) is 166 Å². The van der Waals surface area contributed by atoms with E-state index in [0.29, 0.717) is 63.2 Å². The highest BCUT2D eigenvalue weighted by molar-refractivity contribution is 6.07. The zero-order valence-electron chi connectivity index (χ0n) is 59.8. The number of nitrogens with one attached hydrogen (secondary N) is 8. The Balaban J connectivity index is 0.000000134. The van der Waals surface area contributed by atoms with Gasteiger partial charge < -0.3 is 21.3 Å². The highest BCUT2D eigenvalue weighted by atomic mass is 19.4. The van der Waals surface area contributed by atoms with E-state index in [0.717, 1.165) is 112 Å². The first-order chi connectivity index (χ1) is 54.7. The van der Waals surface area contributed by atoms with E-state index >= 15 is 0 Å². The number of carbonyl (C=O) groups is 4. The fourth-order valence-corrected chi connectivity index (χ4v) is 12.0. The second kappa shape index (κ2) is 31.0. The molecular formula is C71H58F12N24O8. The van der Waals surface area contributed by atoms with Gasteiger partial charge in [-0.3, -0.25) is 39.6 Å². The van der Waals surface area contributed by atoms with Gasteiger partial charge in [-0.05, 0) is 105 Å².